The van der Waals surface area contributed by atoms with Gasteiger partial charge in [-0.15, -0.1) is 10.2 Å². The number of nitrogen functional groups attached to an aromatic ring is 1. The number of aromatic nitrogens is 4. The van der Waals surface area contributed by atoms with Gasteiger partial charge in [0.2, 0.25) is 5.89 Å². The summed E-state index contributed by atoms with van der Waals surface area (Å²) in [7, 11) is 5.41. The molecule has 30 heavy (non-hydrogen) atoms. The quantitative estimate of drug-likeness (QED) is 0.518. The predicted molar refractivity (Wildman–Crippen MR) is 117 cm³/mol. The van der Waals surface area contributed by atoms with Gasteiger partial charge in [0.05, 0.1) is 11.9 Å². The summed E-state index contributed by atoms with van der Waals surface area (Å²) in [6, 6.07) is 14.9. The van der Waals surface area contributed by atoms with Crippen molar-refractivity contribution < 1.29 is 9.21 Å². The van der Waals surface area contributed by atoms with Crippen LogP contribution in [0.25, 0.3) is 34.3 Å². The molecular formula is C21H19BN6O2. The number of hydrogen-bond donors (Lipinski definition) is 1. The van der Waals surface area contributed by atoms with Gasteiger partial charge >= 0.3 is 0 Å². The van der Waals surface area contributed by atoms with Gasteiger partial charge in [-0.05, 0) is 18.2 Å². The zero-order valence-corrected chi connectivity index (χ0v) is 16.8. The number of amides is 1. The molecule has 2 aromatic heterocycles. The van der Waals surface area contributed by atoms with Crippen LogP contribution < -0.4 is 11.2 Å². The van der Waals surface area contributed by atoms with E-state index >= 15 is 0 Å². The Kier molecular flexibility index (Phi) is 5.01. The van der Waals surface area contributed by atoms with Crippen LogP contribution in [0.15, 0.2) is 59.1 Å². The number of benzene rings is 2. The lowest BCUT2D eigenvalue weighted by atomic mass is 9.94. The highest BCUT2D eigenvalue weighted by Crippen LogP contribution is 2.27. The highest BCUT2D eigenvalue weighted by molar-refractivity contribution is 6.32. The molecule has 0 radical (unpaired) electrons. The number of rotatable bonds is 4. The Morgan fingerprint density at radius 2 is 1.77 bits per heavy atom. The summed E-state index contributed by atoms with van der Waals surface area (Å²) in [5.74, 6) is 0.697. The number of nitrogens with two attached hydrogens (primary N) is 1. The average molecular weight is 398 g/mol. The second-order valence-electron chi connectivity index (χ2n) is 7.05. The van der Waals surface area contributed by atoms with Crippen LogP contribution in [0.2, 0.25) is 0 Å². The fourth-order valence-corrected chi connectivity index (χ4v) is 2.95. The summed E-state index contributed by atoms with van der Waals surface area (Å²) < 4.78 is 5.80. The van der Waals surface area contributed by atoms with Crippen molar-refractivity contribution in [1.82, 2.24) is 25.1 Å². The molecule has 148 valence electrons. The maximum Gasteiger partial charge on any atom is 0.270 e. The van der Waals surface area contributed by atoms with Gasteiger partial charge in [-0.2, -0.15) is 0 Å². The molecule has 4 aromatic rings. The maximum absolute atomic E-state index is 12.1. The molecule has 1 amide bonds. The average Bonchev–Trinajstić information content (AvgIpc) is 3.24. The fraction of sp³-hybridized carbons (Fsp3) is 0.0952. The molecule has 2 aromatic carbocycles. The third kappa shape index (κ3) is 3.77. The van der Waals surface area contributed by atoms with Gasteiger partial charge in [0.1, 0.15) is 7.85 Å². The van der Waals surface area contributed by atoms with Gasteiger partial charge in [-0.25, -0.2) is 9.97 Å². The van der Waals surface area contributed by atoms with E-state index in [0.717, 1.165) is 16.6 Å². The van der Waals surface area contributed by atoms with E-state index in [1.807, 2.05) is 44.2 Å². The molecule has 0 saturated carbocycles. The van der Waals surface area contributed by atoms with Gasteiger partial charge in [-0.1, -0.05) is 35.8 Å². The van der Waals surface area contributed by atoms with Crippen molar-refractivity contribution >= 4 is 25.0 Å². The zero-order chi connectivity index (χ0) is 21.3. The molecule has 0 fully saturated rings. The van der Waals surface area contributed by atoms with Crippen molar-refractivity contribution in [2.24, 2.45) is 0 Å². The van der Waals surface area contributed by atoms with Crippen LogP contribution in [0.1, 0.15) is 10.4 Å². The molecule has 0 unspecified atom stereocenters. The summed E-state index contributed by atoms with van der Waals surface area (Å²) in [5, 5.41) is 8.21. The Hall–Kier alpha value is -4.01. The van der Waals surface area contributed by atoms with Crippen molar-refractivity contribution in [3.8, 4) is 34.3 Å². The van der Waals surface area contributed by atoms with Crippen LogP contribution in [0.3, 0.4) is 0 Å². The van der Waals surface area contributed by atoms with Crippen molar-refractivity contribution in [2.75, 3.05) is 19.8 Å². The Labute approximate surface area is 174 Å². The standard InChI is InChI=1S/C21H19BN6O2/c1-28(2)21(29)13-8-6-12(7-9-13)16-11-24-18(23)17(25-16)20-27-26-19(30-20)14-4-3-5-15(22)10-14/h3-11H,22H2,1-2H3,(H2,23,24). The molecule has 0 bridgehead atoms. The Balaban J connectivity index is 1.67. The van der Waals surface area contributed by atoms with Crippen molar-refractivity contribution in [1.29, 1.82) is 0 Å². The summed E-state index contributed by atoms with van der Waals surface area (Å²) >= 11 is 0. The topological polar surface area (TPSA) is 111 Å². The monoisotopic (exact) mass is 398 g/mol. The van der Waals surface area contributed by atoms with Crippen molar-refractivity contribution in [2.45, 2.75) is 0 Å². The van der Waals surface area contributed by atoms with Gasteiger partial charge in [-0.3, -0.25) is 4.79 Å². The fourth-order valence-electron chi connectivity index (χ4n) is 2.95. The third-order valence-electron chi connectivity index (χ3n) is 4.53. The molecule has 0 aliphatic carbocycles. The van der Waals surface area contributed by atoms with Gasteiger partial charge < -0.3 is 15.1 Å². The molecule has 0 spiro atoms. The summed E-state index contributed by atoms with van der Waals surface area (Å²) in [6.45, 7) is 0. The Bertz CT molecular complexity index is 1220. The van der Waals surface area contributed by atoms with Crippen LogP contribution in [0.5, 0.6) is 0 Å². The van der Waals surface area contributed by atoms with E-state index in [4.69, 9.17) is 10.2 Å². The lowest BCUT2D eigenvalue weighted by Crippen LogP contribution is -2.21. The van der Waals surface area contributed by atoms with E-state index in [9.17, 15) is 4.79 Å². The minimum absolute atomic E-state index is 0.0693. The predicted octanol–water partition coefficient (Wildman–Crippen LogP) is 1.40. The van der Waals surface area contributed by atoms with E-state index < -0.39 is 0 Å². The SMILES string of the molecule is Bc1cccc(-c2nnc(-c3nc(-c4ccc(C(=O)N(C)C)cc4)cnc3N)o2)c1. The Morgan fingerprint density at radius 1 is 1.03 bits per heavy atom. The van der Waals surface area contributed by atoms with Crippen LogP contribution in [0, 0.1) is 0 Å². The Morgan fingerprint density at radius 3 is 2.47 bits per heavy atom. The second kappa shape index (κ2) is 7.78. The number of hydrogen-bond acceptors (Lipinski definition) is 7. The first-order chi connectivity index (χ1) is 14.4. The molecule has 8 nitrogen and oxygen atoms in total. The zero-order valence-electron chi connectivity index (χ0n) is 16.8. The molecule has 0 aliphatic rings. The summed E-state index contributed by atoms with van der Waals surface area (Å²) in [4.78, 5) is 22.4. The number of nitrogens with zero attached hydrogens (tertiary/aromatic N) is 5. The van der Waals surface area contributed by atoms with E-state index in [1.165, 1.54) is 4.90 Å². The lowest BCUT2D eigenvalue weighted by molar-refractivity contribution is 0.0827. The normalized spacial score (nSPS) is 10.7. The second-order valence-corrected chi connectivity index (χ2v) is 7.05. The molecule has 9 heteroatoms. The van der Waals surface area contributed by atoms with Gasteiger partial charge in [0.25, 0.3) is 11.8 Å². The number of carbonyl (C=O) groups is 1. The number of anilines is 1. The largest absolute Gasteiger partial charge is 0.414 e. The van der Waals surface area contributed by atoms with Crippen molar-refractivity contribution in [3.63, 3.8) is 0 Å². The van der Waals surface area contributed by atoms with Crippen LogP contribution in [-0.2, 0) is 0 Å². The first-order valence-corrected chi connectivity index (χ1v) is 9.28. The lowest BCUT2D eigenvalue weighted by Gasteiger charge is -2.10. The van der Waals surface area contributed by atoms with Crippen LogP contribution in [0.4, 0.5) is 5.82 Å². The molecule has 2 heterocycles. The maximum atomic E-state index is 12.1. The minimum Gasteiger partial charge on any atom is -0.414 e. The van der Waals surface area contributed by atoms with E-state index in [0.29, 0.717) is 22.8 Å². The highest BCUT2D eigenvalue weighted by atomic mass is 16.4. The van der Waals surface area contributed by atoms with Gasteiger partial charge in [0.15, 0.2) is 11.5 Å². The molecule has 0 atom stereocenters. The smallest absolute Gasteiger partial charge is 0.270 e. The first-order valence-electron chi connectivity index (χ1n) is 9.28. The molecule has 0 aliphatic heterocycles. The van der Waals surface area contributed by atoms with E-state index in [1.54, 1.807) is 32.4 Å². The summed E-state index contributed by atoms with van der Waals surface area (Å²) in [5.41, 5.74) is 10.2. The molecular weight excluding hydrogens is 379 g/mol. The van der Waals surface area contributed by atoms with E-state index in [2.05, 4.69) is 20.2 Å². The summed E-state index contributed by atoms with van der Waals surface area (Å²) in [6.07, 6.45) is 1.57. The first kappa shape index (κ1) is 19.3. The molecule has 0 saturated heterocycles. The van der Waals surface area contributed by atoms with E-state index in [-0.39, 0.29) is 17.6 Å². The number of carbonyl (C=O) groups excluding carboxylic acids is 1. The molecule has 2 N–H and O–H groups in total. The third-order valence-corrected chi connectivity index (χ3v) is 4.53. The van der Waals surface area contributed by atoms with Gasteiger partial charge in [0, 0.05) is 30.8 Å². The van der Waals surface area contributed by atoms with Crippen molar-refractivity contribution in [3.05, 3.63) is 60.3 Å². The molecule has 4 rings (SSSR count). The van der Waals surface area contributed by atoms with Crippen LogP contribution in [-0.4, -0.2) is 52.9 Å². The van der Waals surface area contributed by atoms with Crippen LogP contribution >= 0.6 is 0 Å². The highest BCUT2D eigenvalue weighted by Gasteiger charge is 2.17. The minimum atomic E-state index is -0.0693.